The Labute approximate surface area is 334 Å². The topological polar surface area (TPSA) is 216 Å². The number of aliphatic imine (C=N–C) groups is 2. The van der Waals surface area contributed by atoms with E-state index in [1.807, 2.05) is 24.3 Å². The fourth-order valence-electron chi connectivity index (χ4n) is 6.29. The number of carbonyl (C=O) groups is 2. The van der Waals surface area contributed by atoms with E-state index in [1.165, 1.54) is 23.2 Å². The number of halogens is 1. The van der Waals surface area contributed by atoms with Crippen molar-refractivity contribution in [2.24, 2.45) is 9.98 Å². The third-order valence-corrected chi connectivity index (χ3v) is 9.18. The number of anilines is 4. The summed E-state index contributed by atoms with van der Waals surface area (Å²) in [7, 11) is 3.33. The number of hydrogen-bond donors (Lipinski definition) is 5. The molecule has 298 valence electrons. The minimum atomic E-state index is -0.762. The van der Waals surface area contributed by atoms with E-state index in [9.17, 15) is 24.3 Å². The molecule has 1 atom stereocenters. The fourth-order valence-corrected chi connectivity index (χ4v) is 6.29. The summed E-state index contributed by atoms with van der Waals surface area (Å²) in [5.74, 6) is -0.444. The molecule has 0 aliphatic carbocycles. The van der Waals surface area contributed by atoms with Crippen molar-refractivity contribution in [2.75, 3.05) is 56.2 Å². The Morgan fingerprint density at radius 2 is 1.76 bits per heavy atom. The van der Waals surface area contributed by atoms with Crippen molar-refractivity contribution in [3.05, 3.63) is 107 Å². The number of aromatic nitrogens is 5. The quantitative estimate of drug-likeness (QED) is 0.0568. The van der Waals surface area contributed by atoms with Crippen LogP contribution in [0.1, 0.15) is 29.4 Å². The van der Waals surface area contributed by atoms with E-state index >= 15 is 0 Å². The number of nitrogens with zero attached hydrogens (tertiary/aromatic N) is 10. The van der Waals surface area contributed by atoms with Crippen LogP contribution in [0.25, 0.3) is 11.0 Å². The molecule has 0 saturated carbocycles. The predicted molar refractivity (Wildman–Crippen MR) is 219 cm³/mol. The van der Waals surface area contributed by atoms with Gasteiger partial charge in [-0.05, 0) is 67.2 Å². The van der Waals surface area contributed by atoms with Crippen LogP contribution < -0.4 is 16.0 Å². The van der Waals surface area contributed by atoms with Gasteiger partial charge in [0.25, 0.3) is 5.91 Å². The summed E-state index contributed by atoms with van der Waals surface area (Å²) >= 11 is 0. The Kier molecular flexibility index (Phi) is 12.9. The molecule has 3 aromatic carbocycles. The number of rotatable bonds is 15. The molecule has 0 spiro atoms. The van der Waals surface area contributed by atoms with E-state index in [1.54, 1.807) is 56.3 Å². The van der Waals surface area contributed by atoms with Crippen molar-refractivity contribution >= 4 is 59.3 Å². The van der Waals surface area contributed by atoms with Gasteiger partial charge in [-0.15, -0.1) is 0 Å². The molecule has 0 bridgehead atoms. The van der Waals surface area contributed by atoms with Gasteiger partial charge in [0, 0.05) is 65.1 Å². The molecule has 1 aliphatic heterocycles. The maximum absolute atomic E-state index is 13.8. The lowest BCUT2D eigenvalue weighted by Crippen LogP contribution is -2.48. The van der Waals surface area contributed by atoms with Gasteiger partial charge in [-0.25, -0.2) is 14.4 Å². The summed E-state index contributed by atoms with van der Waals surface area (Å²) in [6.07, 6.45) is 1.67. The van der Waals surface area contributed by atoms with Crippen molar-refractivity contribution in [2.45, 2.75) is 32.5 Å². The van der Waals surface area contributed by atoms with Crippen LogP contribution in [-0.4, -0.2) is 116 Å². The molecule has 6 rings (SSSR count). The summed E-state index contributed by atoms with van der Waals surface area (Å²) in [6.45, 7) is 7.88. The van der Waals surface area contributed by atoms with Gasteiger partial charge in [-0.3, -0.25) is 19.5 Å². The van der Waals surface area contributed by atoms with Gasteiger partial charge in [0.2, 0.25) is 29.6 Å². The summed E-state index contributed by atoms with van der Waals surface area (Å²) in [5, 5.41) is 29.0. The monoisotopic (exact) mass is 786 g/mol. The number of benzene rings is 3. The molecular formula is C40H43FN14O3. The molecule has 0 unspecified atom stereocenters. The average molecular weight is 787 g/mol. The number of amides is 2. The third-order valence-electron chi connectivity index (χ3n) is 9.18. The highest BCUT2D eigenvalue weighted by atomic mass is 19.1. The Bertz CT molecular complexity index is 2380. The molecule has 58 heavy (non-hydrogen) atoms. The first kappa shape index (κ1) is 40.4. The van der Waals surface area contributed by atoms with Crippen molar-refractivity contribution in [3.63, 3.8) is 0 Å². The van der Waals surface area contributed by atoms with Gasteiger partial charge in [0.15, 0.2) is 5.70 Å². The molecule has 2 aromatic heterocycles. The van der Waals surface area contributed by atoms with E-state index in [4.69, 9.17) is 0 Å². The van der Waals surface area contributed by atoms with Crippen molar-refractivity contribution in [1.29, 1.82) is 5.26 Å². The van der Waals surface area contributed by atoms with E-state index < -0.39 is 17.8 Å². The van der Waals surface area contributed by atoms with E-state index in [0.717, 1.165) is 11.1 Å². The second-order valence-electron chi connectivity index (χ2n) is 13.6. The maximum Gasteiger partial charge on any atom is 0.278 e. The zero-order chi connectivity index (χ0) is 41.2. The van der Waals surface area contributed by atoms with Crippen LogP contribution >= 0.6 is 0 Å². The molecule has 3 heterocycles. The van der Waals surface area contributed by atoms with Gasteiger partial charge in [0.05, 0.1) is 29.2 Å². The minimum Gasteiger partial charge on any atom is -0.492 e. The van der Waals surface area contributed by atoms with Crippen LogP contribution in [0.2, 0.25) is 0 Å². The molecule has 17 nitrogen and oxygen atoms in total. The van der Waals surface area contributed by atoms with Gasteiger partial charge >= 0.3 is 0 Å². The van der Waals surface area contributed by atoms with Crippen molar-refractivity contribution < 1.29 is 19.1 Å². The molecule has 2 amide bonds. The summed E-state index contributed by atoms with van der Waals surface area (Å²) < 4.78 is 13.8. The number of hydrogen-bond acceptors (Lipinski definition) is 14. The summed E-state index contributed by atoms with van der Waals surface area (Å²) in [5.41, 5.74) is 4.02. The minimum absolute atomic E-state index is 0.128. The SMILES string of the molecule is C=N/C(C(=O)N1CCN(Cc2cccc(Nc3nc(NCc4nc5ccc(F)cc5[nH]4)nc(N[C@@H](Cc4ccc(C#N)cc4)C(=O)N(C)C)n3)c2)CC1)=C(/O)N=CC. The maximum atomic E-state index is 13.8. The first-order valence-electron chi connectivity index (χ1n) is 18.4. The van der Waals surface area contributed by atoms with Gasteiger partial charge in [-0.2, -0.15) is 20.2 Å². The number of H-pyrrole nitrogens is 1. The van der Waals surface area contributed by atoms with Crippen LogP contribution in [0.3, 0.4) is 0 Å². The number of imidazole rings is 1. The number of aliphatic hydroxyl groups is 1. The summed E-state index contributed by atoms with van der Waals surface area (Å²) in [6, 6.07) is 20.4. The van der Waals surface area contributed by atoms with Crippen LogP contribution in [0.5, 0.6) is 0 Å². The van der Waals surface area contributed by atoms with E-state index in [0.29, 0.717) is 67.3 Å². The number of piperazine rings is 1. The highest BCUT2D eigenvalue weighted by molar-refractivity contribution is 5.94. The number of aromatic amines is 1. The van der Waals surface area contributed by atoms with Crippen LogP contribution in [0, 0.1) is 17.1 Å². The Hall–Kier alpha value is -7.26. The number of fused-ring (bicyclic) bond motifs is 1. The number of nitriles is 1. The lowest BCUT2D eigenvalue weighted by molar-refractivity contribution is -0.130. The molecule has 18 heteroatoms. The molecule has 1 saturated heterocycles. The predicted octanol–water partition coefficient (Wildman–Crippen LogP) is 4.39. The first-order chi connectivity index (χ1) is 28.0. The smallest absolute Gasteiger partial charge is 0.278 e. The van der Waals surface area contributed by atoms with E-state index in [-0.39, 0.29) is 41.8 Å². The van der Waals surface area contributed by atoms with Crippen LogP contribution in [0.4, 0.5) is 27.9 Å². The molecule has 5 N–H and O–H groups in total. The lowest BCUT2D eigenvalue weighted by Gasteiger charge is -2.34. The number of nitrogens with one attached hydrogen (secondary N) is 4. The van der Waals surface area contributed by atoms with Crippen molar-refractivity contribution in [1.82, 2.24) is 39.6 Å². The molecule has 1 fully saturated rings. The number of aliphatic hydroxyl groups excluding tert-OH is 1. The highest BCUT2D eigenvalue weighted by Crippen LogP contribution is 2.21. The normalized spacial score (nSPS) is 14.1. The fraction of sp³-hybridized carbons (Fsp3) is 0.275. The largest absolute Gasteiger partial charge is 0.492 e. The Balaban J connectivity index is 1.20. The highest BCUT2D eigenvalue weighted by Gasteiger charge is 2.26. The Morgan fingerprint density at radius 3 is 2.47 bits per heavy atom. The molecule has 1 aliphatic rings. The second kappa shape index (κ2) is 18.6. The van der Waals surface area contributed by atoms with Crippen LogP contribution in [-0.2, 0) is 29.1 Å². The van der Waals surface area contributed by atoms with Gasteiger partial charge in [0.1, 0.15) is 17.7 Å². The first-order valence-corrected chi connectivity index (χ1v) is 18.4. The van der Waals surface area contributed by atoms with Crippen molar-refractivity contribution in [3.8, 4) is 6.07 Å². The number of likely N-dealkylation sites (N-methyl/N-ethyl adjacent to an activating group) is 1. The standard InChI is InChI=1S/C40H43FN14O3/c1-5-44-35(56)34(43-2)37(58)55-17-15-54(16-18-55)24-27-7-6-8-29(19-27)46-39-50-38(45-23-33-47-30-14-13-28(41)21-31(30)48-33)51-40(52-39)49-32(36(57)53(3)4)20-25-9-11-26(22-42)12-10-25/h5-14,19,21,32,56H,2,15-18,20,23-24H2,1,3-4H3,(H,47,48)(H3,45,46,49,50,51,52)/b35-34+,44-5?/t32-/m0/s1. The molecular weight excluding hydrogens is 744 g/mol. The van der Waals surface area contributed by atoms with Gasteiger partial charge < -0.3 is 35.8 Å². The number of carbonyl (C=O) groups excluding carboxylic acids is 2. The molecule has 5 aromatic rings. The molecule has 0 radical (unpaired) electrons. The second-order valence-corrected chi connectivity index (χ2v) is 13.6. The average Bonchev–Trinajstić information content (AvgIpc) is 3.62. The third kappa shape index (κ3) is 10.3. The zero-order valence-electron chi connectivity index (χ0n) is 32.3. The zero-order valence-corrected chi connectivity index (χ0v) is 32.3. The lowest BCUT2D eigenvalue weighted by atomic mass is 10.0. The Morgan fingerprint density at radius 1 is 1.02 bits per heavy atom. The van der Waals surface area contributed by atoms with Crippen LogP contribution in [0.15, 0.2) is 88.3 Å². The summed E-state index contributed by atoms with van der Waals surface area (Å²) in [4.78, 5) is 60.6. The van der Waals surface area contributed by atoms with Gasteiger partial charge in [-0.1, -0.05) is 24.3 Å². The van der Waals surface area contributed by atoms with E-state index in [2.05, 4.69) is 68.5 Å².